The minimum atomic E-state index is -1.63. The lowest BCUT2D eigenvalue weighted by Crippen LogP contribution is -2.57. The topological polar surface area (TPSA) is 253 Å². The van der Waals surface area contributed by atoms with Crippen LogP contribution in [0.25, 0.3) is 11.1 Å². The molecule has 9 rings (SSSR count). The highest BCUT2D eigenvalue weighted by Crippen LogP contribution is 2.68. The van der Waals surface area contributed by atoms with Gasteiger partial charge in [-0.3, -0.25) is 9.59 Å². The van der Waals surface area contributed by atoms with Gasteiger partial charge < -0.3 is 68.6 Å². The molecule has 482 valence electrons. The Labute approximate surface area is 518 Å². The van der Waals surface area contributed by atoms with Crippen molar-refractivity contribution in [2.75, 3.05) is 53.2 Å². The van der Waals surface area contributed by atoms with Crippen molar-refractivity contribution in [1.29, 1.82) is 0 Å². The Morgan fingerprint density at radius 2 is 1.45 bits per heavy atom. The fraction of sp³-hybridized carbons (Fsp3) is 0.638. The monoisotopic (exact) mass is 1220 g/mol. The Morgan fingerprint density at radius 1 is 0.773 bits per heavy atom. The molecule has 3 aromatic carbocycles. The van der Waals surface area contributed by atoms with Crippen LogP contribution in [-0.2, 0) is 47.5 Å². The van der Waals surface area contributed by atoms with Crippen LogP contribution in [0.2, 0.25) is 0 Å². The first kappa shape index (κ1) is 66.5. The molecule has 19 nitrogen and oxygen atoms in total. The summed E-state index contributed by atoms with van der Waals surface area (Å²) in [5.41, 5.74) is 5.88. The summed E-state index contributed by atoms with van der Waals surface area (Å²) < 4.78 is 53.0. The lowest BCUT2D eigenvalue weighted by atomic mass is 9.47. The third kappa shape index (κ3) is 15.8. The highest BCUT2D eigenvalue weighted by atomic mass is 16.7. The molecule has 0 radical (unpaired) electrons. The maximum absolute atomic E-state index is 14.2. The third-order valence-electron chi connectivity index (χ3n) is 20.1. The fourth-order valence-electron chi connectivity index (χ4n) is 15.4. The molecule has 6 aliphatic rings. The van der Waals surface area contributed by atoms with E-state index in [1.54, 1.807) is 12.1 Å². The predicted molar refractivity (Wildman–Crippen MR) is 326 cm³/mol. The minimum Gasteiger partial charge on any atom is -0.497 e. The van der Waals surface area contributed by atoms with E-state index < -0.39 is 73.8 Å². The summed E-state index contributed by atoms with van der Waals surface area (Å²) in [6.45, 7) is 11.8. The summed E-state index contributed by atoms with van der Waals surface area (Å²) in [6.07, 6.45) is 2.03. The number of aliphatic hydroxyl groups is 3. The molecule has 0 spiro atoms. The summed E-state index contributed by atoms with van der Waals surface area (Å²) in [6, 6.07) is 22.5. The van der Waals surface area contributed by atoms with Gasteiger partial charge in [-0.15, -0.1) is 0 Å². The van der Waals surface area contributed by atoms with Crippen LogP contribution in [-0.4, -0.2) is 148 Å². The van der Waals surface area contributed by atoms with Crippen LogP contribution in [0.5, 0.6) is 5.75 Å². The Kier molecular flexibility index (Phi) is 22.9. The largest absolute Gasteiger partial charge is 0.497 e. The number of alkyl carbamates (subject to hydrolysis) is 2. The number of carbonyl (C=O) groups excluding carboxylic acids is 5. The Bertz CT molecular complexity index is 2840. The van der Waals surface area contributed by atoms with Crippen molar-refractivity contribution < 1.29 is 81.9 Å². The zero-order valence-electron chi connectivity index (χ0n) is 52.4. The molecule has 0 aromatic heterocycles. The van der Waals surface area contributed by atoms with Gasteiger partial charge in [0.25, 0.3) is 0 Å². The van der Waals surface area contributed by atoms with E-state index in [4.69, 9.17) is 42.6 Å². The number of aliphatic hydroxyl groups excluding tert-OH is 3. The van der Waals surface area contributed by atoms with Crippen molar-refractivity contribution in [2.24, 2.45) is 46.3 Å². The highest BCUT2D eigenvalue weighted by Gasteiger charge is 2.63. The Balaban J connectivity index is 0.766. The number of amides is 2. The lowest BCUT2D eigenvalue weighted by molar-refractivity contribution is -0.276. The van der Waals surface area contributed by atoms with Crippen molar-refractivity contribution >= 4 is 29.9 Å². The standard InChI is InChI=1S/C69H94N2O17/c1-41(2)20-27-57(75)42(3)61-58(35-56-53-26-23-45-34-46(73)28-30-68(45,5)55(53)29-31-69(56,61)6)86-60(40-81-43(4)72)82-36-47(74)37-83-65-63(88-64(77)44-21-24-48(80-7)25-22-44)62(76)59(39-84-65)87-67(79)71-33-15-9-8-14-32-70-66(78)85-38-54-51-18-12-10-16-49(51)50-17-11-13-19-52(50)54/h10-13,16-19,21-25,41-42,46-47,53-56,58-63,65,73-74,76H,8-9,14-15,20,26-40H2,1-7H3,(H,70,78)(H,71,79)/t42-,46?,47?,53?,55?,56+,58?,59?,60?,61?,62?,63?,65?,68?,69?/m1/s1. The third-order valence-corrected chi connectivity index (χ3v) is 20.1. The molecule has 13 unspecified atom stereocenters. The Hall–Kier alpha value is -5.93. The van der Waals surface area contributed by atoms with Crippen LogP contribution < -0.4 is 15.4 Å². The van der Waals surface area contributed by atoms with Gasteiger partial charge >= 0.3 is 24.1 Å². The number of nitrogens with one attached hydrogen (secondary N) is 2. The van der Waals surface area contributed by atoms with E-state index in [9.17, 15) is 39.3 Å². The van der Waals surface area contributed by atoms with Gasteiger partial charge in [0.1, 0.15) is 37.0 Å². The average Bonchev–Trinajstić information content (AvgIpc) is 2.16. The normalized spacial score (nSPS) is 28.9. The van der Waals surface area contributed by atoms with E-state index in [2.05, 4.69) is 68.7 Å². The van der Waals surface area contributed by atoms with Gasteiger partial charge in [0.05, 0.1) is 44.7 Å². The van der Waals surface area contributed by atoms with Crippen molar-refractivity contribution in [2.45, 2.75) is 180 Å². The zero-order valence-corrected chi connectivity index (χ0v) is 52.4. The molecule has 3 aromatic rings. The van der Waals surface area contributed by atoms with E-state index in [-0.39, 0.29) is 84.9 Å². The summed E-state index contributed by atoms with van der Waals surface area (Å²) in [7, 11) is 1.49. The maximum Gasteiger partial charge on any atom is 0.407 e. The maximum atomic E-state index is 14.2. The van der Waals surface area contributed by atoms with Crippen LogP contribution >= 0.6 is 0 Å². The molecule has 5 N–H and O–H groups in total. The van der Waals surface area contributed by atoms with Gasteiger partial charge in [0.2, 0.25) is 0 Å². The second-order valence-electron chi connectivity index (χ2n) is 26.2. The van der Waals surface area contributed by atoms with Crippen LogP contribution in [0.4, 0.5) is 9.59 Å². The number of hydrogen-bond acceptors (Lipinski definition) is 17. The highest BCUT2D eigenvalue weighted by molar-refractivity contribution is 5.89. The summed E-state index contributed by atoms with van der Waals surface area (Å²) in [4.78, 5) is 65.8. The van der Waals surface area contributed by atoms with E-state index >= 15 is 0 Å². The van der Waals surface area contributed by atoms with Crippen LogP contribution in [0, 0.1) is 46.3 Å². The number of ketones is 1. The summed E-state index contributed by atoms with van der Waals surface area (Å²) in [5.74, 6) is 0.194. The molecule has 4 fully saturated rings. The second kappa shape index (κ2) is 30.3. The molecule has 3 saturated carbocycles. The number of hydrogen-bond donors (Lipinski definition) is 5. The minimum absolute atomic E-state index is 0.00368. The number of allylic oxidation sites excluding steroid dienone is 1. The van der Waals surface area contributed by atoms with Gasteiger partial charge in [0, 0.05) is 44.2 Å². The number of fused-ring (bicyclic) bond motifs is 8. The van der Waals surface area contributed by atoms with E-state index in [0.717, 1.165) is 73.6 Å². The molecule has 19 heteroatoms. The summed E-state index contributed by atoms with van der Waals surface area (Å²) in [5, 5.41) is 39.4. The molecule has 88 heavy (non-hydrogen) atoms. The van der Waals surface area contributed by atoms with Gasteiger partial charge in [-0.25, -0.2) is 14.4 Å². The number of methoxy groups -OCH3 is 1. The number of Topliss-reactive ketones (excluding diaryl/α,β-unsaturated/α-hetero) is 1. The molecule has 15 atom stereocenters. The molecule has 1 aliphatic heterocycles. The fourth-order valence-corrected chi connectivity index (χ4v) is 15.4. The van der Waals surface area contributed by atoms with E-state index in [1.807, 2.05) is 31.2 Å². The first-order valence-electron chi connectivity index (χ1n) is 32.1. The quantitative estimate of drug-likeness (QED) is 0.0149. The van der Waals surface area contributed by atoms with Crippen LogP contribution in [0.15, 0.2) is 84.4 Å². The number of unbranched alkanes of at least 4 members (excludes halogenated alkanes) is 3. The van der Waals surface area contributed by atoms with Crippen molar-refractivity contribution in [3.63, 3.8) is 0 Å². The summed E-state index contributed by atoms with van der Waals surface area (Å²) >= 11 is 0. The van der Waals surface area contributed by atoms with Gasteiger partial charge in [-0.2, -0.15) is 0 Å². The van der Waals surface area contributed by atoms with Gasteiger partial charge in [0.15, 0.2) is 24.8 Å². The number of carbonyl (C=O) groups is 5. The number of rotatable bonds is 28. The zero-order chi connectivity index (χ0) is 62.7. The van der Waals surface area contributed by atoms with Gasteiger partial charge in [-0.1, -0.05) is 108 Å². The average molecular weight is 1220 g/mol. The van der Waals surface area contributed by atoms with Crippen molar-refractivity contribution in [3.05, 3.63) is 101 Å². The molecular formula is C69H94N2O17. The predicted octanol–water partition coefficient (Wildman–Crippen LogP) is 9.99. The van der Waals surface area contributed by atoms with Crippen LogP contribution in [0.3, 0.4) is 0 Å². The first-order chi connectivity index (χ1) is 42.3. The SMILES string of the molecule is COc1ccc(C(=O)OC2C(OCC(O)COC(COC(C)=O)OC3C[C@H]4C5CC=C6CC(O)CCC6(C)C5CCC4(C)C3[C@H](C)C(=O)CCC(C)C)OCC(OC(=O)NCCCCCCNC(=O)OCC3c4ccccc4-c4ccccc43)C2O)cc1. The molecule has 2 amide bonds. The molecular weight excluding hydrogens is 1130 g/mol. The van der Waals surface area contributed by atoms with E-state index in [1.165, 1.54) is 31.7 Å². The number of esters is 2. The van der Waals surface area contributed by atoms with E-state index in [0.29, 0.717) is 62.2 Å². The number of benzene rings is 3. The molecule has 5 aliphatic carbocycles. The molecule has 1 heterocycles. The first-order valence-corrected chi connectivity index (χ1v) is 32.1. The molecule has 0 bridgehead atoms. The lowest BCUT2D eigenvalue weighted by Gasteiger charge is -2.58. The second-order valence-corrected chi connectivity index (χ2v) is 26.2. The number of ether oxygens (including phenoxy) is 9. The van der Waals surface area contributed by atoms with Gasteiger partial charge in [-0.05, 0) is 145 Å². The van der Waals surface area contributed by atoms with Crippen LogP contribution in [0.1, 0.15) is 152 Å². The van der Waals surface area contributed by atoms with Crippen molar-refractivity contribution in [3.8, 4) is 16.9 Å². The smallest absolute Gasteiger partial charge is 0.407 e. The Morgan fingerprint density at radius 3 is 2.12 bits per heavy atom. The van der Waals surface area contributed by atoms with Crippen molar-refractivity contribution in [1.82, 2.24) is 10.6 Å². The molecule has 1 saturated heterocycles.